The lowest BCUT2D eigenvalue weighted by atomic mass is 9.70. The normalized spacial score (nSPS) is 13.5. The molecule has 1 unspecified atom stereocenters. The second-order valence-corrected chi connectivity index (χ2v) is 9.72. The first kappa shape index (κ1) is 31.1. The SMILES string of the molecule is CCC(CC)(c1ccc(O)c(C)c1)c1ccc(C#CC(CC(C)(C(F)(F)F)C(F)(F)F)OC(C)=O)c(C)c1. The Morgan fingerprint density at radius 3 is 1.84 bits per heavy atom. The number of halogens is 6. The minimum absolute atomic E-state index is 0.0331. The van der Waals surface area contributed by atoms with E-state index in [1.54, 1.807) is 26.0 Å². The number of rotatable bonds is 7. The first-order chi connectivity index (χ1) is 17.4. The topological polar surface area (TPSA) is 46.5 Å². The molecule has 208 valence electrons. The first-order valence-electron chi connectivity index (χ1n) is 12.1. The van der Waals surface area contributed by atoms with E-state index in [1.807, 2.05) is 38.1 Å². The molecule has 1 atom stereocenters. The van der Waals surface area contributed by atoms with Crippen LogP contribution >= 0.6 is 0 Å². The molecule has 2 aromatic carbocycles. The number of carbonyl (C=O) groups is 1. The largest absolute Gasteiger partial charge is 0.508 e. The van der Waals surface area contributed by atoms with Crippen LogP contribution in [0.5, 0.6) is 5.75 Å². The number of aryl methyl sites for hydroxylation is 2. The molecular weight excluding hydrogens is 510 g/mol. The highest BCUT2D eigenvalue weighted by Crippen LogP contribution is 2.53. The van der Waals surface area contributed by atoms with Gasteiger partial charge in [0.05, 0.1) is 0 Å². The lowest BCUT2D eigenvalue weighted by Gasteiger charge is -2.35. The lowest BCUT2D eigenvalue weighted by Crippen LogP contribution is -2.49. The number of phenolic OH excluding ortho intramolecular Hbond substituents is 1. The molecule has 0 aliphatic carbocycles. The first-order valence-corrected chi connectivity index (χ1v) is 12.1. The third kappa shape index (κ3) is 6.28. The van der Waals surface area contributed by atoms with Gasteiger partial charge < -0.3 is 9.84 Å². The van der Waals surface area contributed by atoms with E-state index in [-0.39, 0.29) is 12.7 Å². The van der Waals surface area contributed by atoms with E-state index in [9.17, 15) is 36.2 Å². The molecule has 0 spiro atoms. The predicted octanol–water partition coefficient (Wildman–Crippen LogP) is 7.92. The van der Waals surface area contributed by atoms with Gasteiger partial charge in [-0.3, -0.25) is 4.79 Å². The van der Waals surface area contributed by atoms with E-state index in [0.717, 1.165) is 36.5 Å². The van der Waals surface area contributed by atoms with E-state index in [4.69, 9.17) is 4.74 Å². The standard InChI is InChI=1S/C29H32F6O3/c1-7-27(8-2,23-12-14-25(37)19(4)16-23)22-11-9-21(18(3)15-22)10-13-24(38-20(5)36)17-26(6,28(30,31)32)29(33,34)35/h9,11-12,14-16,24,37H,7-8,17H2,1-6H3. The second-order valence-electron chi connectivity index (χ2n) is 9.72. The van der Waals surface area contributed by atoms with Gasteiger partial charge in [-0.15, -0.1) is 0 Å². The molecule has 0 saturated heterocycles. The molecule has 0 fully saturated rings. The van der Waals surface area contributed by atoms with Crippen molar-refractivity contribution in [2.75, 3.05) is 0 Å². The van der Waals surface area contributed by atoms with E-state index in [0.29, 0.717) is 11.1 Å². The van der Waals surface area contributed by atoms with E-state index < -0.39 is 41.7 Å². The van der Waals surface area contributed by atoms with E-state index in [2.05, 4.69) is 11.8 Å². The van der Waals surface area contributed by atoms with Crippen molar-refractivity contribution in [2.45, 2.75) is 84.7 Å². The molecule has 0 saturated carbocycles. The van der Waals surface area contributed by atoms with Gasteiger partial charge in [0.25, 0.3) is 0 Å². The smallest absolute Gasteiger partial charge is 0.403 e. The van der Waals surface area contributed by atoms with Crippen molar-refractivity contribution >= 4 is 5.97 Å². The van der Waals surface area contributed by atoms with Gasteiger partial charge in [-0.05, 0) is 68.0 Å². The molecule has 0 amide bonds. The van der Waals surface area contributed by atoms with Gasteiger partial charge >= 0.3 is 18.3 Å². The molecule has 3 nitrogen and oxygen atoms in total. The summed E-state index contributed by atoms with van der Waals surface area (Å²) in [6, 6.07) is 10.8. The molecule has 0 bridgehead atoms. The van der Waals surface area contributed by atoms with Crippen molar-refractivity contribution in [3.05, 3.63) is 64.2 Å². The molecule has 1 N–H and O–H groups in total. The van der Waals surface area contributed by atoms with Crippen LogP contribution in [0.25, 0.3) is 0 Å². The molecule has 0 aliphatic rings. The molecule has 0 aromatic heterocycles. The van der Waals surface area contributed by atoms with Crippen LogP contribution in [0.2, 0.25) is 0 Å². The Balaban J connectivity index is 2.51. The number of esters is 1. The Kier molecular flexibility index (Phi) is 9.24. The van der Waals surface area contributed by atoms with Crippen LogP contribution in [-0.4, -0.2) is 29.5 Å². The zero-order valence-electron chi connectivity index (χ0n) is 22.2. The van der Waals surface area contributed by atoms with Gasteiger partial charge in [-0.2, -0.15) is 26.3 Å². The van der Waals surface area contributed by atoms with Crippen molar-refractivity contribution in [3.8, 4) is 17.6 Å². The number of hydrogen-bond acceptors (Lipinski definition) is 3. The predicted molar refractivity (Wildman–Crippen MR) is 133 cm³/mol. The van der Waals surface area contributed by atoms with Gasteiger partial charge in [0.15, 0.2) is 11.5 Å². The minimum Gasteiger partial charge on any atom is -0.508 e. The van der Waals surface area contributed by atoms with Crippen molar-refractivity contribution in [1.82, 2.24) is 0 Å². The number of phenols is 1. The summed E-state index contributed by atoms with van der Waals surface area (Å²) in [5.74, 6) is 4.09. The minimum atomic E-state index is -5.63. The molecule has 0 aliphatic heterocycles. The summed E-state index contributed by atoms with van der Waals surface area (Å²) >= 11 is 0. The van der Waals surface area contributed by atoms with Crippen LogP contribution in [0.15, 0.2) is 36.4 Å². The third-order valence-electron chi connectivity index (χ3n) is 7.26. The fourth-order valence-corrected chi connectivity index (χ4v) is 4.53. The number of aromatic hydroxyl groups is 1. The zero-order valence-corrected chi connectivity index (χ0v) is 22.2. The van der Waals surface area contributed by atoms with Crippen LogP contribution in [-0.2, 0) is 14.9 Å². The third-order valence-corrected chi connectivity index (χ3v) is 7.26. The molecule has 0 radical (unpaired) electrons. The Bertz CT molecular complexity index is 1200. The highest BCUT2D eigenvalue weighted by atomic mass is 19.4. The highest BCUT2D eigenvalue weighted by Gasteiger charge is 2.68. The monoisotopic (exact) mass is 542 g/mol. The lowest BCUT2D eigenvalue weighted by molar-refractivity contribution is -0.339. The molecule has 38 heavy (non-hydrogen) atoms. The van der Waals surface area contributed by atoms with Crippen molar-refractivity contribution in [1.29, 1.82) is 0 Å². The summed E-state index contributed by atoms with van der Waals surface area (Å²) < 4.78 is 85.2. The van der Waals surface area contributed by atoms with Gasteiger partial charge in [-0.1, -0.05) is 50.0 Å². The fraction of sp³-hybridized carbons (Fsp3) is 0.483. The summed E-state index contributed by atoms with van der Waals surface area (Å²) in [5.41, 5.74) is -0.774. The maximum Gasteiger partial charge on any atom is 0.403 e. The van der Waals surface area contributed by atoms with E-state index >= 15 is 0 Å². The Labute approximate surface area is 219 Å². The highest BCUT2D eigenvalue weighted by molar-refractivity contribution is 5.66. The van der Waals surface area contributed by atoms with Gasteiger partial charge in [-0.25, -0.2) is 0 Å². The van der Waals surface area contributed by atoms with Gasteiger partial charge in [0.2, 0.25) is 0 Å². The average molecular weight is 543 g/mol. The van der Waals surface area contributed by atoms with Gasteiger partial charge in [0, 0.05) is 24.3 Å². The number of carbonyl (C=O) groups excluding carboxylic acids is 1. The van der Waals surface area contributed by atoms with Crippen LogP contribution in [0, 0.1) is 31.1 Å². The maximum absolute atomic E-state index is 13.4. The number of benzene rings is 2. The Morgan fingerprint density at radius 1 is 0.921 bits per heavy atom. The van der Waals surface area contributed by atoms with Gasteiger partial charge in [0.1, 0.15) is 5.75 Å². The molecule has 9 heteroatoms. The maximum atomic E-state index is 13.4. The van der Waals surface area contributed by atoms with Crippen LogP contribution in [0.1, 0.15) is 74.8 Å². The Morgan fingerprint density at radius 2 is 1.42 bits per heavy atom. The number of alkyl halides is 6. The summed E-state index contributed by atoms with van der Waals surface area (Å²) in [5, 5.41) is 9.95. The number of hydrogen-bond donors (Lipinski definition) is 1. The molecular formula is C29H32F6O3. The summed E-state index contributed by atoms with van der Waals surface area (Å²) in [6.07, 6.45) is -13.3. The van der Waals surface area contributed by atoms with Crippen LogP contribution in [0.3, 0.4) is 0 Å². The van der Waals surface area contributed by atoms with Crippen LogP contribution in [0.4, 0.5) is 26.3 Å². The van der Waals surface area contributed by atoms with Crippen molar-refractivity contribution < 1.29 is 41.0 Å². The fourth-order valence-electron chi connectivity index (χ4n) is 4.53. The summed E-state index contributed by atoms with van der Waals surface area (Å²) in [4.78, 5) is 11.5. The van der Waals surface area contributed by atoms with Crippen molar-refractivity contribution in [2.24, 2.45) is 5.41 Å². The molecule has 2 rings (SSSR count). The van der Waals surface area contributed by atoms with E-state index in [1.165, 1.54) is 0 Å². The zero-order chi connectivity index (χ0) is 29.1. The van der Waals surface area contributed by atoms with Crippen LogP contribution < -0.4 is 0 Å². The average Bonchev–Trinajstić information content (AvgIpc) is 2.79. The van der Waals surface area contributed by atoms with Crippen molar-refractivity contribution in [3.63, 3.8) is 0 Å². The number of ether oxygens (including phenoxy) is 1. The second kappa shape index (κ2) is 11.3. The molecule has 2 aromatic rings. The molecule has 0 heterocycles. The Hall–Kier alpha value is -3.15. The summed E-state index contributed by atoms with van der Waals surface area (Å²) in [7, 11) is 0. The quantitative estimate of drug-likeness (QED) is 0.220. The summed E-state index contributed by atoms with van der Waals surface area (Å²) in [6.45, 7) is 8.55.